The Morgan fingerprint density at radius 2 is 2.08 bits per heavy atom. The molecule has 0 radical (unpaired) electrons. The summed E-state index contributed by atoms with van der Waals surface area (Å²) in [4.78, 5) is 0. The van der Waals surface area contributed by atoms with Crippen LogP contribution in [0.4, 0.5) is 0 Å². The molecule has 3 N–H and O–H groups in total. The fourth-order valence-corrected chi connectivity index (χ4v) is 1.79. The van der Waals surface area contributed by atoms with E-state index in [0.29, 0.717) is 18.7 Å². The monoisotopic (exact) mass is 243 g/mol. The minimum Gasteiger partial charge on any atom is -0.508 e. The third-order valence-corrected chi connectivity index (χ3v) is 2.79. The first-order valence-corrected chi connectivity index (χ1v) is 4.83. The number of hydrogen-bond donors (Lipinski definition) is 3. The highest BCUT2D eigenvalue weighted by Crippen LogP contribution is 2.34. The molecule has 70 valence electrons. The van der Waals surface area contributed by atoms with Crippen LogP contribution >= 0.6 is 15.9 Å². The highest BCUT2D eigenvalue weighted by Gasteiger charge is 2.38. The number of hydrogen-bond acceptors (Lipinski definition) is 3. The van der Waals surface area contributed by atoms with E-state index in [1.54, 1.807) is 18.2 Å². The maximum absolute atomic E-state index is 9.94. The number of benzene rings is 1. The summed E-state index contributed by atoms with van der Waals surface area (Å²) in [5, 5.41) is 22.4. The van der Waals surface area contributed by atoms with E-state index in [2.05, 4.69) is 21.2 Å². The van der Waals surface area contributed by atoms with E-state index < -0.39 is 5.60 Å². The summed E-state index contributed by atoms with van der Waals surface area (Å²) in [6.45, 7) is 0.994. The van der Waals surface area contributed by atoms with Crippen molar-refractivity contribution in [2.75, 3.05) is 13.1 Å². The number of nitrogens with one attached hydrogen (secondary N) is 1. The SMILES string of the molecule is Oc1ccc(Br)cc1C1(O)CNC1. The van der Waals surface area contributed by atoms with E-state index in [1.165, 1.54) is 0 Å². The van der Waals surface area contributed by atoms with Crippen LogP contribution in [0.5, 0.6) is 5.75 Å². The van der Waals surface area contributed by atoms with E-state index in [4.69, 9.17) is 0 Å². The quantitative estimate of drug-likeness (QED) is 0.689. The first-order chi connectivity index (χ1) is 6.12. The van der Waals surface area contributed by atoms with Gasteiger partial charge in [-0.05, 0) is 18.2 Å². The van der Waals surface area contributed by atoms with Crippen molar-refractivity contribution in [3.63, 3.8) is 0 Å². The van der Waals surface area contributed by atoms with Crippen molar-refractivity contribution in [2.24, 2.45) is 0 Å². The number of halogens is 1. The van der Waals surface area contributed by atoms with E-state index in [1.807, 2.05) is 0 Å². The molecule has 1 fully saturated rings. The molecule has 0 amide bonds. The molecule has 1 saturated heterocycles. The lowest BCUT2D eigenvalue weighted by Gasteiger charge is -2.38. The Morgan fingerprint density at radius 3 is 2.62 bits per heavy atom. The summed E-state index contributed by atoms with van der Waals surface area (Å²) < 4.78 is 0.862. The summed E-state index contributed by atoms with van der Waals surface area (Å²) >= 11 is 3.30. The molecule has 1 aromatic carbocycles. The summed E-state index contributed by atoms with van der Waals surface area (Å²) in [5.74, 6) is 0.146. The Bertz CT molecular complexity index is 336. The maximum Gasteiger partial charge on any atom is 0.121 e. The van der Waals surface area contributed by atoms with Crippen LogP contribution in [0.1, 0.15) is 5.56 Å². The summed E-state index contributed by atoms with van der Waals surface area (Å²) in [6, 6.07) is 5.07. The molecule has 0 saturated carbocycles. The molecule has 0 aliphatic carbocycles. The Balaban J connectivity index is 2.43. The Labute approximate surface area is 84.5 Å². The van der Waals surface area contributed by atoms with Gasteiger partial charge in [-0.1, -0.05) is 15.9 Å². The molecule has 4 heteroatoms. The summed E-state index contributed by atoms with van der Waals surface area (Å²) in [7, 11) is 0. The summed E-state index contributed by atoms with van der Waals surface area (Å²) in [6.07, 6.45) is 0. The van der Waals surface area contributed by atoms with Gasteiger partial charge in [-0.3, -0.25) is 0 Å². The fraction of sp³-hybridized carbons (Fsp3) is 0.333. The standard InChI is InChI=1S/C9H10BrNO2/c10-6-1-2-8(12)7(3-6)9(13)4-11-5-9/h1-3,11-13H,4-5H2. The lowest BCUT2D eigenvalue weighted by Crippen LogP contribution is -2.56. The van der Waals surface area contributed by atoms with Crippen molar-refractivity contribution in [3.8, 4) is 5.75 Å². The molecule has 13 heavy (non-hydrogen) atoms. The van der Waals surface area contributed by atoms with Crippen molar-refractivity contribution in [1.29, 1.82) is 0 Å². The average Bonchev–Trinajstić information content (AvgIpc) is 2.05. The van der Waals surface area contributed by atoms with Gasteiger partial charge in [-0.15, -0.1) is 0 Å². The molecule has 2 rings (SSSR count). The van der Waals surface area contributed by atoms with Crippen LogP contribution in [-0.4, -0.2) is 23.3 Å². The first kappa shape index (κ1) is 8.99. The van der Waals surface area contributed by atoms with Gasteiger partial charge in [-0.2, -0.15) is 0 Å². The van der Waals surface area contributed by atoms with Gasteiger partial charge in [-0.25, -0.2) is 0 Å². The smallest absolute Gasteiger partial charge is 0.121 e. The van der Waals surface area contributed by atoms with Crippen LogP contribution in [0.3, 0.4) is 0 Å². The second kappa shape index (κ2) is 2.97. The highest BCUT2D eigenvalue weighted by molar-refractivity contribution is 9.10. The average molecular weight is 244 g/mol. The van der Waals surface area contributed by atoms with Gasteiger partial charge < -0.3 is 15.5 Å². The zero-order chi connectivity index (χ0) is 9.47. The Morgan fingerprint density at radius 1 is 1.38 bits per heavy atom. The third-order valence-electron chi connectivity index (χ3n) is 2.29. The number of rotatable bonds is 1. The minimum absolute atomic E-state index is 0.146. The van der Waals surface area contributed by atoms with Crippen molar-refractivity contribution in [2.45, 2.75) is 5.60 Å². The number of aliphatic hydroxyl groups is 1. The predicted molar refractivity (Wildman–Crippen MR) is 52.6 cm³/mol. The van der Waals surface area contributed by atoms with Gasteiger partial charge >= 0.3 is 0 Å². The molecule has 0 aromatic heterocycles. The largest absolute Gasteiger partial charge is 0.508 e. The molecular weight excluding hydrogens is 234 g/mol. The second-order valence-corrected chi connectivity index (χ2v) is 4.21. The molecule has 3 nitrogen and oxygen atoms in total. The van der Waals surface area contributed by atoms with E-state index in [-0.39, 0.29) is 5.75 Å². The lowest BCUT2D eigenvalue weighted by atomic mass is 9.88. The van der Waals surface area contributed by atoms with E-state index >= 15 is 0 Å². The fourth-order valence-electron chi connectivity index (χ4n) is 1.43. The number of phenols is 1. The first-order valence-electron chi connectivity index (χ1n) is 4.04. The lowest BCUT2D eigenvalue weighted by molar-refractivity contribution is -0.0165. The molecule has 1 aromatic rings. The molecular formula is C9H10BrNO2. The van der Waals surface area contributed by atoms with E-state index in [0.717, 1.165) is 4.47 Å². The van der Waals surface area contributed by atoms with E-state index in [9.17, 15) is 10.2 Å². The van der Waals surface area contributed by atoms with Crippen molar-refractivity contribution in [3.05, 3.63) is 28.2 Å². The topological polar surface area (TPSA) is 52.5 Å². The highest BCUT2D eigenvalue weighted by atomic mass is 79.9. The van der Waals surface area contributed by atoms with Crippen molar-refractivity contribution >= 4 is 15.9 Å². The zero-order valence-corrected chi connectivity index (χ0v) is 8.50. The van der Waals surface area contributed by atoms with Crippen molar-refractivity contribution < 1.29 is 10.2 Å². The van der Waals surface area contributed by atoms with Gasteiger partial charge in [0.05, 0.1) is 0 Å². The van der Waals surface area contributed by atoms with Gasteiger partial charge in [0.1, 0.15) is 11.4 Å². The predicted octanol–water partition coefficient (Wildman–Crippen LogP) is 0.945. The third kappa shape index (κ3) is 1.45. The molecule has 0 bridgehead atoms. The van der Waals surface area contributed by atoms with Gasteiger partial charge in [0.2, 0.25) is 0 Å². The Hall–Kier alpha value is -0.580. The van der Waals surface area contributed by atoms with Crippen LogP contribution in [0.15, 0.2) is 22.7 Å². The van der Waals surface area contributed by atoms with Crippen LogP contribution < -0.4 is 5.32 Å². The molecule has 0 unspecified atom stereocenters. The second-order valence-electron chi connectivity index (χ2n) is 3.30. The number of aromatic hydroxyl groups is 1. The molecule has 1 heterocycles. The number of phenolic OH excluding ortho intramolecular Hbond substituents is 1. The number of β-amino-alcohol motifs (C(OH)–C–C–N with tert-alkyl or cyclic N) is 1. The van der Waals surface area contributed by atoms with Gasteiger partial charge in [0.15, 0.2) is 0 Å². The molecule has 1 aliphatic heterocycles. The zero-order valence-electron chi connectivity index (χ0n) is 6.92. The minimum atomic E-state index is -0.895. The summed E-state index contributed by atoms with van der Waals surface area (Å²) in [5.41, 5.74) is -0.311. The van der Waals surface area contributed by atoms with Crippen LogP contribution in [-0.2, 0) is 5.60 Å². The van der Waals surface area contributed by atoms with Crippen LogP contribution in [0.2, 0.25) is 0 Å². The molecule has 0 spiro atoms. The molecule has 0 atom stereocenters. The van der Waals surface area contributed by atoms with Gasteiger partial charge in [0.25, 0.3) is 0 Å². The Kier molecular flexibility index (Phi) is 2.06. The van der Waals surface area contributed by atoms with Crippen molar-refractivity contribution in [1.82, 2.24) is 5.32 Å². The van der Waals surface area contributed by atoms with Crippen LogP contribution in [0.25, 0.3) is 0 Å². The van der Waals surface area contributed by atoms with Crippen LogP contribution in [0, 0.1) is 0 Å². The molecule has 1 aliphatic rings. The van der Waals surface area contributed by atoms with Gasteiger partial charge in [0, 0.05) is 23.1 Å². The maximum atomic E-state index is 9.94. The normalized spacial score (nSPS) is 19.5.